The highest BCUT2D eigenvalue weighted by Crippen LogP contribution is 2.34. The molecule has 1 aliphatic rings. The third-order valence-corrected chi connectivity index (χ3v) is 6.66. The summed E-state index contributed by atoms with van der Waals surface area (Å²) in [5.41, 5.74) is 1.84. The molecule has 3 rings (SSSR count). The Balaban J connectivity index is 1.91. The number of carbonyl (C=O) groups excluding carboxylic acids is 1. The number of amides is 1. The first-order valence-corrected chi connectivity index (χ1v) is 10.1. The summed E-state index contributed by atoms with van der Waals surface area (Å²) in [6, 6.07) is 8.64. The second-order valence-corrected chi connectivity index (χ2v) is 9.69. The van der Waals surface area contributed by atoms with Crippen molar-refractivity contribution in [1.82, 2.24) is 0 Å². The van der Waals surface area contributed by atoms with Gasteiger partial charge in [-0.2, -0.15) is 0 Å². The fourth-order valence-corrected chi connectivity index (χ4v) is 4.72. The van der Waals surface area contributed by atoms with E-state index in [1.54, 1.807) is 34.5 Å². The Kier molecular flexibility index (Phi) is 4.17. The van der Waals surface area contributed by atoms with Crippen molar-refractivity contribution in [2.24, 2.45) is 5.41 Å². The maximum Gasteiger partial charge on any atom is 0.271 e. The van der Waals surface area contributed by atoms with Gasteiger partial charge in [-0.15, -0.1) is 11.3 Å². The number of anilines is 2. The van der Waals surface area contributed by atoms with Crippen molar-refractivity contribution in [1.29, 1.82) is 0 Å². The van der Waals surface area contributed by atoms with E-state index in [2.05, 4.69) is 4.72 Å². The van der Waals surface area contributed by atoms with E-state index in [9.17, 15) is 13.2 Å². The number of sulfonamides is 1. The lowest BCUT2D eigenvalue weighted by atomic mass is 9.94. The van der Waals surface area contributed by atoms with Gasteiger partial charge in [-0.25, -0.2) is 8.42 Å². The van der Waals surface area contributed by atoms with Crippen molar-refractivity contribution in [3.05, 3.63) is 41.3 Å². The van der Waals surface area contributed by atoms with Crippen LogP contribution >= 0.6 is 11.3 Å². The number of fused-ring (bicyclic) bond motifs is 1. The molecule has 0 bridgehead atoms. The van der Waals surface area contributed by atoms with Gasteiger partial charge in [0.2, 0.25) is 5.91 Å². The molecule has 1 aromatic carbocycles. The van der Waals surface area contributed by atoms with Crippen molar-refractivity contribution in [2.75, 3.05) is 16.2 Å². The van der Waals surface area contributed by atoms with Crippen LogP contribution in [0.4, 0.5) is 11.4 Å². The topological polar surface area (TPSA) is 66.5 Å². The number of nitrogens with one attached hydrogen (secondary N) is 1. The number of benzene rings is 1. The molecule has 7 heteroatoms. The van der Waals surface area contributed by atoms with Gasteiger partial charge in [0.1, 0.15) is 4.21 Å². The van der Waals surface area contributed by atoms with Crippen LogP contribution in [0, 0.1) is 5.41 Å². The van der Waals surface area contributed by atoms with Crippen LogP contribution in [-0.4, -0.2) is 20.9 Å². The maximum atomic E-state index is 12.6. The van der Waals surface area contributed by atoms with Crippen LogP contribution in [0.2, 0.25) is 0 Å². The zero-order valence-corrected chi connectivity index (χ0v) is 15.5. The van der Waals surface area contributed by atoms with E-state index in [-0.39, 0.29) is 10.1 Å². The minimum atomic E-state index is -3.59. The van der Waals surface area contributed by atoms with Gasteiger partial charge >= 0.3 is 0 Å². The van der Waals surface area contributed by atoms with Gasteiger partial charge in [0.05, 0.1) is 5.69 Å². The van der Waals surface area contributed by atoms with Crippen LogP contribution in [0.3, 0.4) is 0 Å². The number of thiophene rings is 1. The zero-order chi connectivity index (χ0) is 17.5. The summed E-state index contributed by atoms with van der Waals surface area (Å²) in [5.74, 6) is 0.0412. The van der Waals surface area contributed by atoms with Gasteiger partial charge < -0.3 is 4.90 Å². The predicted molar refractivity (Wildman–Crippen MR) is 97.1 cm³/mol. The number of hydrogen-bond acceptors (Lipinski definition) is 4. The highest BCUT2D eigenvalue weighted by molar-refractivity contribution is 7.94. The van der Waals surface area contributed by atoms with Gasteiger partial charge in [0.25, 0.3) is 10.0 Å². The molecule has 0 aliphatic carbocycles. The van der Waals surface area contributed by atoms with Crippen molar-refractivity contribution < 1.29 is 13.2 Å². The largest absolute Gasteiger partial charge is 0.311 e. The number of nitrogens with zero attached hydrogens (tertiary/aromatic N) is 1. The summed E-state index contributed by atoms with van der Waals surface area (Å²) >= 11 is 1.17. The van der Waals surface area contributed by atoms with E-state index < -0.39 is 15.4 Å². The van der Waals surface area contributed by atoms with Gasteiger partial charge in [-0.3, -0.25) is 9.52 Å². The van der Waals surface area contributed by atoms with E-state index in [0.29, 0.717) is 12.2 Å². The van der Waals surface area contributed by atoms with Crippen molar-refractivity contribution in [2.45, 2.75) is 31.4 Å². The third-order valence-electron chi connectivity index (χ3n) is 3.88. The van der Waals surface area contributed by atoms with Crippen LogP contribution in [0.5, 0.6) is 0 Å². The molecule has 128 valence electrons. The zero-order valence-electron chi connectivity index (χ0n) is 13.9. The van der Waals surface area contributed by atoms with Crippen molar-refractivity contribution >= 4 is 38.6 Å². The molecule has 0 saturated heterocycles. The van der Waals surface area contributed by atoms with E-state index in [4.69, 9.17) is 0 Å². The summed E-state index contributed by atoms with van der Waals surface area (Å²) < 4.78 is 27.6. The molecule has 5 nitrogen and oxygen atoms in total. The van der Waals surface area contributed by atoms with Gasteiger partial charge in [-0.1, -0.05) is 32.9 Å². The van der Waals surface area contributed by atoms with Gasteiger partial charge in [0.15, 0.2) is 0 Å². The Hall–Kier alpha value is -1.86. The molecule has 2 aromatic rings. The van der Waals surface area contributed by atoms with Crippen LogP contribution < -0.4 is 9.62 Å². The Labute approximate surface area is 146 Å². The Morgan fingerprint density at radius 1 is 1.25 bits per heavy atom. The smallest absolute Gasteiger partial charge is 0.271 e. The molecular formula is C17H20N2O3S2. The summed E-state index contributed by atoms with van der Waals surface area (Å²) in [4.78, 5) is 14.4. The average Bonchev–Trinajstić information content (AvgIpc) is 3.14. The quantitative estimate of drug-likeness (QED) is 0.907. The standard InChI is InChI=1S/C17H20N2O3S2/c1-17(2,3)16(20)19-9-8-12-6-7-13(11-14(12)19)18-24(21,22)15-5-4-10-23-15/h4-7,10-11,18H,8-9H2,1-3H3. The molecule has 0 saturated carbocycles. The van der Waals surface area contributed by atoms with E-state index in [0.717, 1.165) is 17.7 Å². The fraction of sp³-hybridized carbons (Fsp3) is 0.353. The lowest BCUT2D eigenvalue weighted by Crippen LogP contribution is -2.38. The van der Waals surface area contributed by atoms with Crippen molar-refractivity contribution in [3.8, 4) is 0 Å². The molecule has 0 spiro atoms. The second kappa shape index (κ2) is 5.89. The first kappa shape index (κ1) is 17.0. The normalized spacial score (nSPS) is 14.5. The van der Waals surface area contributed by atoms with Gasteiger partial charge in [0, 0.05) is 17.6 Å². The molecule has 1 amide bonds. The summed E-state index contributed by atoms with van der Waals surface area (Å²) in [6.07, 6.45) is 0.787. The molecule has 0 fully saturated rings. The highest BCUT2D eigenvalue weighted by Gasteiger charge is 2.32. The minimum Gasteiger partial charge on any atom is -0.311 e. The Morgan fingerprint density at radius 2 is 2.00 bits per heavy atom. The SMILES string of the molecule is CC(C)(C)C(=O)N1CCc2ccc(NS(=O)(=O)c3cccs3)cc21. The molecule has 0 radical (unpaired) electrons. The van der Waals surface area contributed by atoms with Crippen LogP contribution in [0.15, 0.2) is 39.9 Å². The van der Waals surface area contributed by atoms with E-state index >= 15 is 0 Å². The monoisotopic (exact) mass is 364 g/mol. The molecular weight excluding hydrogens is 344 g/mol. The molecule has 0 unspecified atom stereocenters. The number of rotatable bonds is 3. The van der Waals surface area contributed by atoms with Gasteiger partial charge in [-0.05, 0) is 35.6 Å². The Bertz CT molecular complexity index is 866. The number of carbonyl (C=O) groups is 1. The summed E-state index contributed by atoms with van der Waals surface area (Å²) in [6.45, 7) is 6.29. The summed E-state index contributed by atoms with van der Waals surface area (Å²) in [7, 11) is -3.59. The predicted octanol–water partition coefficient (Wildman–Crippen LogP) is 3.48. The Morgan fingerprint density at radius 3 is 2.62 bits per heavy atom. The average molecular weight is 364 g/mol. The van der Waals surface area contributed by atoms with Crippen LogP contribution in [0.25, 0.3) is 0 Å². The third kappa shape index (κ3) is 3.18. The molecule has 1 aromatic heterocycles. The molecule has 1 aliphatic heterocycles. The highest BCUT2D eigenvalue weighted by atomic mass is 32.2. The lowest BCUT2D eigenvalue weighted by molar-refractivity contribution is -0.125. The van der Waals surface area contributed by atoms with Crippen LogP contribution in [-0.2, 0) is 21.2 Å². The molecule has 2 heterocycles. The first-order chi connectivity index (χ1) is 11.2. The summed E-state index contributed by atoms with van der Waals surface area (Å²) in [5, 5.41) is 1.72. The van der Waals surface area contributed by atoms with Crippen molar-refractivity contribution in [3.63, 3.8) is 0 Å². The molecule has 24 heavy (non-hydrogen) atoms. The molecule has 1 N–H and O–H groups in total. The van der Waals surface area contributed by atoms with E-state index in [1.807, 2.05) is 26.8 Å². The first-order valence-electron chi connectivity index (χ1n) is 7.70. The molecule has 0 atom stereocenters. The maximum absolute atomic E-state index is 12.6. The number of hydrogen-bond donors (Lipinski definition) is 1. The second-order valence-electron chi connectivity index (χ2n) is 6.84. The van der Waals surface area contributed by atoms with Crippen LogP contribution in [0.1, 0.15) is 26.3 Å². The fourth-order valence-electron chi connectivity index (χ4n) is 2.68. The lowest BCUT2D eigenvalue weighted by Gasteiger charge is -2.26. The van der Waals surface area contributed by atoms with E-state index in [1.165, 1.54) is 11.3 Å². The minimum absolute atomic E-state index is 0.0412.